The van der Waals surface area contributed by atoms with Gasteiger partial charge in [0.05, 0.1) is 44.3 Å². The zero-order valence-corrected chi connectivity index (χ0v) is 20.8. The van der Waals surface area contributed by atoms with Gasteiger partial charge in [-0.1, -0.05) is 12.1 Å². The molecule has 1 amide bonds. The summed E-state index contributed by atoms with van der Waals surface area (Å²) >= 11 is 0. The number of nitrogens with one attached hydrogen (secondary N) is 3. The fourth-order valence-electron chi connectivity index (χ4n) is 3.87. The Bertz CT molecular complexity index is 1110. The number of benzene rings is 1. The minimum atomic E-state index is -4.92. The molecule has 37 heavy (non-hydrogen) atoms. The van der Waals surface area contributed by atoms with Crippen LogP contribution in [0.15, 0.2) is 35.3 Å². The lowest BCUT2D eigenvalue weighted by Crippen LogP contribution is -2.54. The molecular weight excluding hydrogens is 495 g/mol. The maximum Gasteiger partial charge on any atom is 0.423 e. The molecule has 2 unspecified atom stereocenters. The largest absolute Gasteiger partial charge is 0.497 e. The van der Waals surface area contributed by atoms with E-state index in [1.165, 1.54) is 14.0 Å². The van der Waals surface area contributed by atoms with E-state index < -0.39 is 53.2 Å². The highest BCUT2D eigenvalue weighted by molar-refractivity contribution is 5.80. The molecule has 1 aliphatic heterocycles. The van der Waals surface area contributed by atoms with Gasteiger partial charge in [0.2, 0.25) is 5.91 Å². The third kappa shape index (κ3) is 7.66. The Morgan fingerprint density at radius 3 is 2.62 bits per heavy atom. The number of hydrogen-bond acceptors (Lipinski definition) is 8. The van der Waals surface area contributed by atoms with E-state index in [4.69, 9.17) is 9.47 Å². The standard InChI is InChI=1S/C24H32F3N5O5/c1-14(13-37-15(2)22(34)31-18-8-9-28-11-20(18)33)30-19-10-29-32(23(35)21(19)24(25,26)27)12-16-4-6-17(36-3)7-5-16/h4-7,10,14-15,18,20,28,30,33H,8-9,11-13H2,1-3H3,(H,31,34)/t14?,15?,18-,20-/m1/s1. The summed E-state index contributed by atoms with van der Waals surface area (Å²) in [5.74, 6) is 0.142. The molecule has 0 aliphatic carbocycles. The highest BCUT2D eigenvalue weighted by atomic mass is 19.4. The van der Waals surface area contributed by atoms with Crippen LogP contribution in [0.3, 0.4) is 0 Å². The van der Waals surface area contributed by atoms with Gasteiger partial charge in [0.1, 0.15) is 17.4 Å². The van der Waals surface area contributed by atoms with Crippen molar-refractivity contribution in [3.63, 3.8) is 0 Å². The number of carbonyl (C=O) groups excluding carboxylic acids is 1. The number of aliphatic hydroxyl groups excluding tert-OH is 1. The number of ether oxygens (including phenoxy) is 2. The summed E-state index contributed by atoms with van der Waals surface area (Å²) < 4.78 is 52.9. The van der Waals surface area contributed by atoms with E-state index in [1.54, 1.807) is 31.2 Å². The second-order valence-corrected chi connectivity index (χ2v) is 8.94. The van der Waals surface area contributed by atoms with E-state index in [9.17, 15) is 27.9 Å². The summed E-state index contributed by atoms with van der Waals surface area (Å²) in [5.41, 5.74) is -2.55. The number of nitrogens with zero attached hydrogens (tertiary/aromatic N) is 2. The molecule has 2 heterocycles. The molecule has 0 radical (unpaired) electrons. The first-order chi connectivity index (χ1) is 17.5. The van der Waals surface area contributed by atoms with Crippen molar-refractivity contribution in [3.8, 4) is 5.75 Å². The first-order valence-electron chi connectivity index (χ1n) is 11.9. The average molecular weight is 528 g/mol. The zero-order chi connectivity index (χ0) is 27.2. The highest BCUT2D eigenvalue weighted by Crippen LogP contribution is 2.32. The normalized spacial score (nSPS) is 19.6. The molecule has 1 saturated heterocycles. The molecule has 4 atom stereocenters. The highest BCUT2D eigenvalue weighted by Gasteiger charge is 2.38. The number of hydrogen-bond donors (Lipinski definition) is 4. The number of aliphatic hydroxyl groups is 1. The van der Waals surface area contributed by atoms with Crippen LogP contribution >= 0.6 is 0 Å². The smallest absolute Gasteiger partial charge is 0.423 e. The van der Waals surface area contributed by atoms with Crippen molar-refractivity contribution in [2.24, 2.45) is 0 Å². The van der Waals surface area contributed by atoms with Crippen LogP contribution in [0.4, 0.5) is 18.9 Å². The first-order valence-corrected chi connectivity index (χ1v) is 11.9. The molecule has 3 rings (SSSR count). The van der Waals surface area contributed by atoms with E-state index in [0.717, 1.165) is 10.9 Å². The summed E-state index contributed by atoms with van der Waals surface area (Å²) in [6.07, 6.45) is -5.02. The van der Waals surface area contributed by atoms with E-state index in [1.807, 2.05) is 0 Å². The molecule has 0 spiro atoms. The average Bonchev–Trinajstić information content (AvgIpc) is 2.85. The summed E-state index contributed by atoms with van der Waals surface area (Å²) in [5, 5.41) is 22.2. The van der Waals surface area contributed by atoms with Crippen molar-refractivity contribution in [2.75, 3.05) is 32.1 Å². The van der Waals surface area contributed by atoms with E-state index in [-0.39, 0.29) is 13.2 Å². The van der Waals surface area contributed by atoms with Crippen molar-refractivity contribution < 1.29 is 32.5 Å². The lowest BCUT2D eigenvalue weighted by molar-refractivity contribution is -0.138. The maximum atomic E-state index is 13.8. The number of aromatic nitrogens is 2. The second-order valence-electron chi connectivity index (χ2n) is 8.94. The van der Waals surface area contributed by atoms with Crippen molar-refractivity contribution in [1.29, 1.82) is 0 Å². The summed E-state index contributed by atoms with van der Waals surface area (Å²) in [4.78, 5) is 25.1. The lowest BCUT2D eigenvalue weighted by Gasteiger charge is -2.30. The Morgan fingerprint density at radius 2 is 2.00 bits per heavy atom. The van der Waals surface area contributed by atoms with Crippen molar-refractivity contribution in [2.45, 2.75) is 57.3 Å². The molecule has 4 N–H and O–H groups in total. The van der Waals surface area contributed by atoms with Gasteiger partial charge < -0.3 is 30.5 Å². The summed E-state index contributed by atoms with van der Waals surface area (Å²) in [6.45, 7) is 3.84. The number of rotatable bonds is 10. The lowest BCUT2D eigenvalue weighted by atomic mass is 10.0. The number of carbonyl (C=O) groups is 1. The Kier molecular flexibility index (Phi) is 9.51. The fraction of sp³-hybridized carbons (Fsp3) is 0.542. The minimum absolute atomic E-state index is 0.115. The van der Waals surface area contributed by atoms with Crippen LogP contribution in [-0.2, 0) is 22.3 Å². The molecule has 204 valence electrons. The molecular formula is C24H32F3N5O5. The Labute approximate surface area is 212 Å². The third-order valence-electron chi connectivity index (χ3n) is 5.96. The van der Waals surface area contributed by atoms with Crippen LogP contribution < -0.4 is 26.2 Å². The molecule has 2 aromatic rings. The predicted octanol–water partition coefficient (Wildman–Crippen LogP) is 1.36. The quantitative estimate of drug-likeness (QED) is 0.365. The Hall–Kier alpha value is -3.16. The number of β-amino-alcohol motifs (C(OH)–C–C–N with tert-alkyl or cyclic N) is 1. The van der Waals surface area contributed by atoms with E-state index in [2.05, 4.69) is 21.0 Å². The molecule has 0 bridgehead atoms. The molecule has 0 saturated carbocycles. The monoisotopic (exact) mass is 527 g/mol. The van der Waals surface area contributed by atoms with Gasteiger partial charge in [-0.15, -0.1) is 0 Å². The molecule has 10 nitrogen and oxygen atoms in total. The number of amides is 1. The zero-order valence-electron chi connectivity index (χ0n) is 20.8. The molecule has 1 aliphatic rings. The van der Waals surface area contributed by atoms with Gasteiger partial charge in [-0.05, 0) is 44.5 Å². The molecule has 1 fully saturated rings. The SMILES string of the molecule is COc1ccc(Cn2ncc(NC(C)COC(C)C(=O)N[C@@H]3CCNC[C@H]3O)c(C(F)(F)F)c2=O)cc1. The van der Waals surface area contributed by atoms with E-state index >= 15 is 0 Å². The van der Waals surface area contributed by atoms with Crippen LogP contribution in [0.5, 0.6) is 5.75 Å². The Balaban J connectivity index is 1.64. The fourth-order valence-corrected chi connectivity index (χ4v) is 3.87. The predicted molar refractivity (Wildman–Crippen MR) is 130 cm³/mol. The van der Waals surface area contributed by atoms with Gasteiger partial charge in [0, 0.05) is 12.6 Å². The van der Waals surface area contributed by atoms with Crippen LogP contribution in [0, 0.1) is 0 Å². The van der Waals surface area contributed by atoms with Gasteiger partial charge in [0.25, 0.3) is 5.56 Å². The van der Waals surface area contributed by atoms with Gasteiger partial charge >= 0.3 is 6.18 Å². The minimum Gasteiger partial charge on any atom is -0.497 e. The molecule has 13 heteroatoms. The summed E-state index contributed by atoms with van der Waals surface area (Å²) in [7, 11) is 1.49. The van der Waals surface area contributed by atoms with Gasteiger partial charge in [-0.25, -0.2) is 4.68 Å². The molecule has 1 aromatic carbocycles. The first kappa shape index (κ1) is 28.4. The van der Waals surface area contributed by atoms with Gasteiger partial charge in [-0.2, -0.15) is 18.3 Å². The summed E-state index contributed by atoms with van der Waals surface area (Å²) in [6, 6.07) is 5.46. The maximum absolute atomic E-state index is 13.8. The van der Waals surface area contributed by atoms with Crippen LogP contribution in [-0.4, -0.2) is 71.9 Å². The second kappa shape index (κ2) is 12.4. The Morgan fingerprint density at radius 1 is 1.30 bits per heavy atom. The van der Waals surface area contributed by atoms with Gasteiger partial charge in [0.15, 0.2) is 0 Å². The number of halogens is 3. The number of piperidine rings is 1. The van der Waals surface area contributed by atoms with Crippen LogP contribution in [0.1, 0.15) is 31.4 Å². The van der Waals surface area contributed by atoms with Crippen molar-refractivity contribution in [1.82, 2.24) is 20.4 Å². The number of anilines is 1. The van der Waals surface area contributed by atoms with Crippen molar-refractivity contribution in [3.05, 3.63) is 51.9 Å². The number of methoxy groups -OCH3 is 1. The number of alkyl halides is 3. The van der Waals surface area contributed by atoms with Crippen LogP contribution in [0.25, 0.3) is 0 Å². The van der Waals surface area contributed by atoms with Gasteiger partial charge in [-0.3, -0.25) is 9.59 Å². The topological polar surface area (TPSA) is 127 Å². The third-order valence-corrected chi connectivity index (χ3v) is 5.96. The molecule has 1 aromatic heterocycles. The van der Waals surface area contributed by atoms with E-state index in [0.29, 0.717) is 30.8 Å². The van der Waals surface area contributed by atoms with Crippen molar-refractivity contribution >= 4 is 11.6 Å². The van der Waals surface area contributed by atoms with Crippen LogP contribution in [0.2, 0.25) is 0 Å².